The fourth-order valence-electron chi connectivity index (χ4n) is 2.83. The first-order valence-corrected chi connectivity index (χ1v) is 8.23. The topological polar surface area (TPSA) is 68.2 Å². The number of halogens is 1. The molecule has 0 aliphatic heterocycles. The highest BCUT2D eigenvalue weighted by Crippen LogP contribution is 2.20. The third-order valence-electron chi connectivity index (χ3n) is 3.89. The Morgan fingerprint density at radius 1 is 1.12 bits per heavy atom. The number of aromatic nitrogens is 2. The molecule has 0 unspecified atom stereocenters. The molecule has 0 amide bonds. The predicted octanol–water partition coefficient (Wildman–Crippen LogP) is 4.25. The summed E-state index contributed by atoms with van der Waals surface area (Å²) in [7, 11) is 1.91. The van der Waals surface area contributed by atoms with Crippen LogP contribution in [0.1, 0.15) is 16.7 Å². The lowest BCUT2D eigenvalue weighted by molar-refractivity contribution is 0.768. The van der Waals surface area contributed by atoms with Crippen LogP contribution in [0.5, 0.6) is 0 Å². The minimum atomic E-state index is 0. The van der Waals surface area contributed by atoms with Crippen LogP contribution < -0.4 is 11.1 Å². The number of rotatable bonds is 4. The van der Waals surface area contributed by atoms with Crippen LogP contribution in [0.4, 0.5) is 5.69 Å². The van der Waals surface area contributed by atoms with E-state index in [1.54, 1.807) is 4.68 Å². The Kier molecular flexibility index (Phi) is 6.79. The van der Waals surface area contributed by atoms with E-state index in [-0.39, 0.29) is 24.0 Å². The second kappa shape index (κ2) is 8.84. The third-order valence-corrected chi connectivity index (χ3v) is 3.89. The fraction of sp³-hybridized carbons (Fsp3) is 0.200. The van der Waals surface area contributed by atoms with Gasteiger partial charge in [0.1, 0.15) is 0 Å². The Balaban J connectivity index is 0.00000243. The molecule has 0 atom stereocenters. The van der Waals surface area contributed by atoms with Gasteiger partial charge in [-0.05, 0) is 54.3 Å². The molecular weight excluding hydrogens is 437 g/mol. The zero-order chi connectivity index (χ0) is 17.8. The molecule has 0 fully saturated rings. The molecule has 0 radical (unpaired) electrons. The van der Waals surface area contributed by atoms with E-state index in [0.29, 0.717) is 12.5 Å². The molecule has 5 nitrogen and oxygen atoms in total. The molecule has 0 aliphatic rings. The van der Waals surface area contributed by atoms with E-state index in [1.807, 2.05) is 31.6 Å². The molecule has 1 heterocycles. The van der Waals surface area contributed by atoms with Crippen molar-refractivity contribution >= 4 is 35.6 Å². The average molecular weight is 461 g/mol. The average Bonchev–Trinajstić information content (AvgIpc) is 2.99. The second-order valence-corrected chi connectivity index (χ2v) is 6.31. The van der Waals surface area contributed by atoms with E-state index < -0.39 is 0 Å². The highest BCUT2D eigenvalue weighted by atomic mass is 127. The third kappa shape index (κ3) is 5.32. The Morgan fingerprint density at radius 2 is 1.85 bits per heavy atom. The van der Waals surface area contributed by atoms with Crippen LogP contribution in [0.25, 0.3) is 11.1 Å². The number of benzene rings is 2. The van der Waals surface area contributed by atoms with E-state index >= 15 is 0 Å². The van der Waals surface area contributed by atoms with Gasteiger partial charge in [0, 0.05) is 24.5 Å². The molecule has 0 saturated heterocycles. The number of aliphatic imine (C=N–C) groups is 1. The molecule has 0 spiro atoms. The van der Waals surface area contributed by atoms with Gasteiger partial charge in [-0.3, -0.25) is 4.68 Å². The molecule has 3 rings (SSSR count). The van der Waals surface area contributed by atoms with Crippen molar-refractivity contribution in [3.63, 3.8) is 0 Å². The molecule has 3 N–H and O–H groups in total. The van der Waals surface area contributed by atoms with E-state index in [1.165, 1.54) is 11.1 Å². The second-order valence-electron chi connectivity index (χ2n) is 6.31. The normalized spacial score (nSPS) is 11.1. The monoisotopic (exact) mass is 461 g/mol. The summed E-state index contributed by atoms with van der Waals surface area (Å²) in [5.41, 5.74) is 12.7. The molecule has 26 heavy (non-hydrogen) atoms. The van der Waals surface area contributed by atoms with Gasteiger partial charge in [-0.2, -0.15) is 5.10 Å². The van der Waals surface area contributed by atoms with Gasteiger partial charge in [0.2, 0.25) is 0 Å². The van der Waals surface area contributed by atoms with E-state index in [0.717, 1.165) is 22.4 Å². The van der Waals surface area contributed by atoms with Crippen molar-refractivity contribution in [3.8, 4) is 11.1 Å². The van der Waals surface area contributed by atoms with Crippen LogP contribution in [0.3, 0.4) is 0 Å². The zero-order valence-electron chi connectivity index (χ0n) is 15.2. The van der Waals surface area contributed by atoms with Crippen molar-refractivity contribution in [2.24, 2.45) is 17.8 Å². The number of anilines is 1. The summed E-state index contributed by atoms with van der Waals surface area (Å²) < 4.78 is 1.80. The minimum absolute atomic E-state index is 0. The standard InChI is InChI=1S/C20H23N5.HI/c1-14-7-15(2)9-19(8-14)24-20(21)22-11-16-5-4-6-17(10-16)18-12-23-25(3)13-18;/h4-10,12-13H,11H2,1-3H3,(H3,21,22,24);1H. The van der Waals surface area contributed by atoms with E-state index in [2.05, 4.69) is 59.6 Å². The SMILES string of the molecule is Cc1cc(C)cc(NC(N)=NCc2cccc(-c3cnn(C)c3)c2)c1.I. The zero-order valence-corrected chi connectivity index (χ0v) is 17.6. The lowest BCUT2D eigenvalue weighted by Crippen LogP contribution is -2.22. The minimum Gasteiger partial charge on any atom is -0.370 e. The maximum Gasteiger partial charge on any atom is 0.193 e. The summed E-state index contributed by atoms with van der Waals surface area (Å²) in [6.07, 6.45) is 3.86. The summed E-state index contributed by atoms with van der Waals surface area (Å²) in [6.45, 7) is 4.66. The lowest BCUT2D eigenvalue weighted by Gasteiger charge is -2.08. The number of nitrogens with two attached hydrogens (primary N) is 1. The number of hydrogen-bond acceptors (Lipinski definition) is 2. The molecule has 0 saturated carbocycles. The van der Waals surface area contributed by atoms with E-state index in [9.17, 15) is 0 Å². The quantitative estimate of drug-likeness (QED) is 0.347. The fourth-order valence-corrected chi connectivity index (χ4v) is 2.83. The van der Waals surface area contributed by atoms with Crippen LogP contribution in [0.15, 0.2) is 59.9 Å². The van der Waals surface area contributed by atoms with Crippen LogP contribution >= 0.6 is 24.0 Å². The molecule has 6 heteroatoms. The molecule has 3 aromatic rings. The van der Waals surface area contributed by atoms with E-state index in [4.69, 9.17) is 5.73 Å². The summed E-state index contributed by atoms with van der Waals surface area (Å²) in [4.78, 5) is 4.45. The van der Waals surface area contributed by atoms with Crippen LogP contribution in [0.2, 0.25) is 0 Å². The van der Waals surface area contributed by atoms with Crippen molar-refractivity contribution in [1.29, 1.82) is 0 Å². The van der Waals surface area contributed by atoms with Crippen LogP contribution in [0, 0.1) is 13.8 Å². The maximum atomic E-state index is 6.03. The molecule has 136 valence electrons. The predicted molar refractivity (Wildman–Crippen MR) is 119 cm³/mol. The van der Waals surface area contributed by atoms with Crippen molar-refractivity contribution < 1.29 is 0 Å². The number of hydrogen-bond donors (Lipinski definition) is 2. The molecular formula is C20H24IN5. The van der Waals surface area contributed by atoms with Crippen LogP contribution in [-0.2, 0) is 13.6 Å². The van der Waals surface area contributed by atoms with Gasteiger partial charge >= 0.3 is 0 Å². The molecule has 0 bridgehead atoms. The summed E-state index contributed by atoms with van der Waals surface area (Å²) >= 11 is 0. The van der Waals surface area contributed by atoms with Gasteiger partial charge in [-0.1, -0.05) is 24.3 Å². The first-order valence-electron chi connectivity index (χ1n) is 8.23. The van der Waals surface area contributed by atoms with Gasteiger partial charge in [-0.15, -0.1) is 24.0 Å². The molecule has 1 aromatic heterocycles. The highest BCUT2D eigenvalue weighted by Gasteiger charge is 2.02. The number of guanidine groups is 1. The number of nitrogens with one attached hydrogen (secondary N) is 1. The molecule has 0 aliphatic carbocycles. The Labute approximate surface area is 171 Å². The first kappa shape index (κ1) is 20.0. The van der Waals surface area contributed by atoms with Gasteiger partial charge < -0.3 is 11.1 Å². The van der Waals surface area contributed by atoms with Crippen molar-refractivity contribution in [2.75, 3.05) is 5.32 Å². The van der Waals surface area contributed by atoms with Gasteiger partial charge in [0.25, 0.3) is 0 Å². The number of aryl methyl sites for hydroxylation is 3. The smallest absolute Gasteiger partial charge is 0.193 e. The Morgan fingerprint density at radius 3 is 2.50 bits per heavy atom. The van der Waals surface area contributed by atoms with Crippen LogP contribution in [-0.4, -0.2) is 15.7 Å². The van der Waals surface area contributed by atoms with Gasteiger partial charge in [-0.25, -0.2) is 4.99 Å². The van der Waals surface area contributed by atoms with Gasteiger partial charge in [0.15, 0.2) is 5.96 Å². The first-order chi connectivity index (χ1) is 12.0. The highest BCUT2D eigenvalue weighted by molar-refractivity contribution is 14.0. The Hall–Kier alpha value is -2.35. The van der Waals surface area contributed by atoms with Gasteiger partial charge in [0.05, 0.1) is 12.7 Å². The molecule has 2 aromatic carbocycles. The largest absolute Gasteiger partial charge is 0.370 e. The van der Waals surface area contributed by atoms with Crippen molar-refractivity contribution in [1.82, 2.24) is 9.78 Å². The van der Waals surface area contributed by atoms with Crippen molar-refractivity contribution in [2.45, 2.75) is 20.4 Å². The summed E-state index contributed by atoms with van der Waals surface area (Å²) in [5.74, 6) is 0.414. The number of nitrogens with zero attached hydrogens (tertiary/aromatic N) is 3. The summed E-state index contributed by atoms with van der Waals surface area (Å²) in [6, 6.07) is 14.5. The van der Waals surface area contributed by atoms with Crippen molar-refractivity contribution in [3.05, 3.63) is 71.5 Å². The Bertz CT molecular complexity index is 894. The summed E-state index contributed by atoms with van der Waals surface area (Å²) in [5, 5.41) is 7.37. The maximum absolute atomic E-state index is 6.03. The lowest BCUT2D eigenvalue weighted by atomic mass is 10.1.